The monoisotopic (exact) mass is 630 g/mol. The quantitative estimate of drug-likeness (QED) is 0.215. The molecule has 1 atom stereocenters. The summed E-state index contributed by atoms with van der Waals surface area (Å²) in [4.78, 5) is 8.37. The first-order valence-electron chi connectivity index (χ1n) is 13.4. The van der Waals surface area contributed by atoms with Crippen molar-refractivity contribution in [2.75, 3.05) is 37.9 Å². The summed E-state index contributed by atoms with van der Waals surface area (Å²) in [5.74, 6) is -0.150. The first-order chi connectivity index (χ1) is 20.4. The van der Waals surface area contributed by atoms with Gasteiger partial charge in [0.2, 0.25) is 21.9 Å². The van der Waals surface area contributed by atoms with Gasteiger partial charge in [-0.3, -0.25) is 9.55 Å². The molecule has 12 nitrogen and oxygen atoms in total. The molecule has 4 aromatic rings. The summed E-state index contributed by atoms with van der Waals surface area (Å²) in [6.07, 6.45) is -0.608. The van der Waals surface area contributed by atoms with E-state index in [4.69, 9.17) is 14.2 Å². The number of hydrogen-bond acceptors (Lipinski definition) is 10. The molecule has 0 fully saturated rings. The van der Waals surface area contributed by atoms with E-state index in [0.717, 1.165) is 16.6 Å². The van der Waals surface area contributed by atoms with E-state index in [9.17, 15) is 17.9 Å². The minimum atomic E-state index is -4.28. The number of aliphatic hydroxyl groups excluding tert-OH is 1. The number of methoxy groups -OCH3 is 3. The number of anilines is 1. The van der Waals surface area contributed by atoms with Crippen molar-refractivity contribution in [1.29, 1.82) is 0 Å². The molecule has 43 heavy (non-hydrogen) atoms. The third kappa shape index (κ3) is 7.29. The third-order valence-electron chi connectivity index (χ3n) is 6.52. The number of sulfonamides is 1. The highest BCUT2D eigenvalue weighted by Gasteiger charge is 2.35. The van der Waals surface area contributed by atoms with Crippen molar-refractivity contribution in [2.45, 2.75) is 31.8 Å². The molecule has 0 saturated carbocycles. The molecule has 0 saturated heterocycles. The number of pyridine rings is 2. The second-order valence-electron chi connectivity index (χ2n) is 10.8. The van der Waals surface area contributed by atoms with Crippen LogP contribution in [0.25, 0.3) is 17.2 Å². The lowest BCUT2D eigenvalue weighted by Crippen LogP contribution is -2.40. The molecule has 3 aromatic heterocycles. The second kappa shape index (κ2) is 13.1. The molecule has 0 radical (unpaired) electrons. The van der Waals surface area contributed by atoms with Gasteiger partial charge in [-0.05, 0) is 36.4 Å². The minimum Gasteiger partial charge on any atom is -0.494 e. The fourth-order valence-electron chi connectivity index (χ4n) is 4.27. The first kappa shape index (κ1) is 31.8. The van der Waals surface area contributed by atoms with Crippen molar-refractivity contribution in [3.05, 3.63) is 66.2 Å². The summed E-state index contributed by atoms with van der Waals surface area (Å²) >= 11 is 0. The Morgan fingerprint density at radius 1 is 0.977 bits per heavy atom. The Morgan fingerprint density at radius 3 is 2.23 bits per heavy atom. The van der Waals surface area contributed by atoms with Crippen LogP contribution in [-0.4, -0.2) is 80.0 Å². The van der Waals surface area contributed by atoms with Gasteiger partial charge in [0.15, 0.2) is 5.82 Å². The van der Waals surface area contributed by atoms with Gasteiger partial charge in [0.1, 0.15) is 40.6 Å². The molecule has 230 valence electrons. The molecule has 15 heteroatoms. The number of halogens is 1. The lowest BCUT2D eigenvalue weighted by molar-refractivity contribution is 0.196. The molecule has 0 unspecified atom stereocenters. The van der Waals surface area contributed by atoms with Crippen molar-refractivity contribution >= 4 is 24.0 Å². The number of aromatic nitrogens is 5. The maximum Gasteiger partial charge on any atom is 0.246 e. The zero-order valence-electron chi connectivity index (χ0n) is 24.9. The zero-order chi connectivity index (χ0) is 31.4. The molecule has 0 spiro atoms. The van der Waals surface area contributed by atoms with Gasteiger partial charge >= 0.3 is 0 Å². The average molecular weight is 631 g/mol. The van der Waals surface area contributed by atoms with Gasteiger partial charge in [0.05, 0.1) is 33.2 Å². The van der Waals surface area contributed by atoms with Gasteiger partial charge in [0, 0.05) is 20.7 Å². The van der Waals surface area contributed by atoms with Crippen molar-refractivity contribution in [3.63, 3.8) is 0 Å². The molecular formula is C28H35FN6O6SSi. The van der Waals surface area contributed by atoms with Gasteiger partial charge in [0.25, 0.3) is 0 Å². The molecule has 0 aliphatic heterocycles. The summed E-state index contributed by atoms with van der Waals surface area (Å²) in [7, 11) is -1.64. The van der Waals surface area contributed by atoms with E-state index in [-0.39, 0.29) is 24.0 Å². The predicted molar refractivity (Wildman–Crippen MR) is 163 cm³/mol. The van der Waals surface area contributed by atoms with Crippen LogP contribution in [-0.2, 0) is 10.0 Å². The van der Waals surface area contributed by atoms with Crippen molar-refractivity contribution in [1.82, 2.24) is 24.7 Å². The fourth-order valence-corrected chi connectivity index (χ4v) is 6.82. The van der Waals surface area contributed by atoms with Crippen LogP contribution in [0.4, 0.5) is 10.3 Å². The van der Waals surface area contributed by atoms with E-state index in [1.54, 1.807) is 36.4 Å². The zero-order valence-corrected chi connectivity index (χ0v) is 26.7. The highest BCUT2D eigenvalue weighted by atomic mass is 32.2. The van der Waals surface area contributed by atoms with Crippen molar-refractivity contribution in [2.24, 2.45) is 0 Å². The van der Waals surface area contributed by atoms with Gasteiger partial charge < -0.3 is 19.3 Å². The minimum absolute atomic E-state index is 0.0178. The van der Waals surface area contributed by atoms with Gasteiger partial charge in [-0.1, -0.05) is 31.8 Å². The SMILES string of the molecule is COc1cccc(-c2nnc(N(CC[Si](C)(C)C)S(=O)(=O)C[C@H](O)c3ccc(F)cn3)n2-c2c(OC)cccc2OC)n1. The average Bonchev–Trinajstić information content (AvgIpc) is 3.40. The normalized spacial score (nSPS) is 12.6. The van der Waals surface area contributed by atoms with E-state index in [1.807, 2.05) is 0 Å². The summed E-state index contributed by atoms with van der Waals surface area (Å²) in [6, 6.07) is 13.2. The second-order valence-corrected chi connectivity index (χ2v) is 18.4. The van der Waals surface area contributed by atoms with Crippen molar-refractivity contribution in [3.8, 4) is 34.6 Å². The van der Waals surface area contributed by atoms with Gasteiger partial charge in [-0.2, -0.15) is 0 Å². The highest BCUT2D eigenvalue weighted by molar-refractivity contribution is 7.92. The van der Waals surface area contributed by atoms with Crippen LogP contribution < -0.4 is 18.5 Å². The highest BCUT2D eigenvalue weighted by Crippen LogP contribution is 2.39. The summed E-state index contributed by atoms with van der Waals surface area (Å²) in [5, 5.41) is 19.6. The Labute approximate surface area is 251 Å². The number of para-hydroxylation sites is 1. The van der Waals surface area contributed by atoms with E-state index < -0.39 is 35.8 Å². The fraction of sp³-hybridized carbons (Fsp3) is 0.357. The number of ether oxygens (including phenoxy) is 3. The van der Waals surface area contributed by atoms with Gasteiger partial charge in [-0.15, -0.1) is 10.2 Å². The van der Waals surface area contributed by atoms with Crippen LogP contribution in [0.15, 0.2) is 54.7 Å². The Balaban J connectivity index is 1.95. The summed E-state index contributed by atoms with van der Waals surface area (Å²) in [6.45, 7) is 6.42. The molecular weight excluding hydrogens is 595 g/mol. The smallest absolute Gasteiger partial charge is 0.246 e. The van der Waals surface area contributed by atoms with Crippen LogP contribution in [0.1, 0.15) is 11.8 Å². The topological polar surface area (TPSA) is 142 Å². The van der Waals surface area contributed by atoms with Crippen molar-refractivity contribution < 1.29 is 32.1 Å². The molecule has 4 rings (SSSR count). The molecule has 0 amide bonds. The Hall–Kier alpha value is -4.08. The molecule has 0 aliphatic carbocycles. The number of nitrogens with zero attached hydrogens (tertiary/aromatic N) is 6. The number of aliphatic hydroxyl groups is 1. The Bertz CT molecular complexity index is 1640. The first-order valence-corrected chi connectivity index (χ1v) is 18.7. The molecule has 3 heterocycles. The number of benzene rings is 1. The largest absolute Gasteiger partial charge is 0.494 e. The van der Waals surface area contributed by atoms with E-state index in [2.05, 4.69) is 39.8 Å². The van der Waals surface area contributed by atoms with Crippen LogP contribution in [0.5, 0.6) is 17.4 Å². The molecule has 1 aromatic carbocycles. The van der Waals surface area contributed by atoms with E-state index in [1.165, 1.54) is 32.0 Å². The lowest BCUT2D eigenvalue weighted by Gasteiger charge is -2.28. The predicted octanol–water partition coefficient (Wildman–Crippen LogP) is 4.10. The number of hydrogen-bond donors (Lipinski definition) is 1. The third-order valence-corrected chi connectivity index (χ3v) is 10.00. The van der Waals surface area contributed by atoms with E-state index in [0.29, 0.717) is 34.8 Å². The van der Waals surface area contributed by atoms with Gasteiger partial charge in [-0.25, -0.2) is 22.1 Å². The van der Waals surface area contributed by atoms with Crippen LogP contribution in [0.2, 0.25) is 25.7 Å². The van der Waals surface area contributed by atoms with E-state index >= 15 is 0 Å². The Kier molecular flexibility index (Phi) is 9.67. The van der Waals surface area contributed by atoms with Crippen LogP contribution in [0, 0.1) is 5.82 Å². The maximum atomic E-state index is 14.1. The van der Waals surface area contributed by atoms with Crippen LogP contribution in [0.3, 0.4) is 0 Å². The lowest BCUT2D eigenvalue weighted by atomic mass is 10.2. The molecule has 0 bridgehead atoms. The van der Waals surface area contributed by atoms with Crippen LogP contribution >= 0.6 is 0 Å². The number of rotatable bonds is 13. The summed E-state index contributed by atoms with van der Waals surface area (Å²) in [5.41, 5.74) is 0.717. The summed E-state index contributed by atoms with van der Waals surface area (Å²) < 4.78 is 61.0. The Morgan fingerprint density at radius 2 is 1.65 bits per heavy atom. The standard InChI is InChI=1S/C28H35FN6O6SSi/c1-39-23-10-8-11-24(40-2)26(23)35-27(21-9-7-12-25(31-21)41-3)32-33-28(35)34(15-16-43(4,5)6)42(37,38)18-22(36)20-14-13-19(29)17-30-20/h7-14,17,22,36H,15-16,18H2,1-6H3/t22-/m0/s1. The molecule has 1 N–H and O–H groups in total. The maximum absolute atomic E-state index is 14.1. The molecule has 0 aliphatic rings.